The molecule has 2 aromatic carbocycles. The third-order valence-electron chi connectivity index (χ3n) is 5.88. The first-order valence-electron chi connectivity index (χ1n) is 10.7. The summed E-state index contributed by atoms with van der Waals surface area (Å²) in [7, 11) is 1.64. The van der Waals surface area contributed by atoms with Gasteiger partial charge in [0.15, 0.2) is 0 Å². The van der Waals surface area contributed by atoms with Crippen LogP contribution in [-0.2, 0) is 4.79 Å². The van der Waals surface area contributed by atoms with E-state index in [0.29, 0.717) is 31.1 Å². The van der Waals surface area contributed by atoms with Crippen molar-refractivity contribution >= 4 is 11.8 Å². The largest absolute Gasteiger partial charge is 0.497 e. The minimum absolute atomic E-state index is 0.0101. The molecule has 1 aliphatic rings. The van der Waals surface area contributed by atoms with Crippen molar-refractivity contribution in [1.29, 1.82) is 0 Å². The summed E-state index contributed by atoms with van der Waals surface area (Å²) in [5, 5.41) is 3.09. The van der Waals surface area contributed by atoms with Crippen molar-refractivity contribution in [3.05, 3.63) is 65.2 Å². The third-order valence-corrected chi connectivity index (χ3v) is 5.88. The Kier molecular flexibility index (Phi) is 7.14. The van der Waals surface area contributed by atoms with Gasteiger partial charge in [-0.05, 0) is 48.6 Å². The number of benzene rings is 2. The van der Waals surface area contributed by atoms with E-state index in [9.17, 15) is 9.59 Å². The molecule has 0 spiro atoms. The van der Waals surface area contributed by atoms with Crippen LogP contribution >= 0.6 is 0 Å². The Balaban J connectivity index is 1.82. The lowest BCUT2D eigenvalue weighted by atomic mass is 9.88. The van der Waals surface area contributed by atoms with Gasteiger partial charge in [-0.3, -0.25) is 9.59 Å². The molecule has 2 unspecified atom stereocenters. The second-order valence-electron chi connectivity index (χ2n) is 8.48. The molecule has 2 atom stereocenters. The van der Waals surface area contributed by atoms with Crippen molar-refractivity contribution in [2.75, 3.05) is 26.7 Å². The first kappa shape index (κ1) is 21.9. The van der Waals surface area contributed by atoms with E-state index in [2.05, 4.69) is 19.2 Å². The number of likely N-dealkylation sites (tertiary alicyclic amines) is 1. The minimum atomic E-state index is -0.265. The van der Waals surface area contributed by atoms with Crippen LogP contribution in [0.4, 0.5) is 0 Å². The summed E-state index contributed by atoms with van der Waals surface area (Å²) in [6, 6.07) is 15.4. The number of rotatable bonds is 7. The van der Waals surface area contributed by atoms with Gasteiger partial charge in [0.05, 0.1) is 13.0 Å². The summed E-state index contributed by atoms with van der Waals surface area (Å²) in [6.07, 6.45) is 0.942. The molecule has 3 rings (SSSR count). The SMILES string of the molecule is COc1ccc(C2CN(C(=O)c3ccccc3C)CC2C(=O)NCCC(C)C)cc1. The van der Waals surface area contributed by atoms with Gasteiger partial charge >= 0.3 is 0 Å². The second kappa shape index (κ2) is 9.79. The average molecular weight is 409 g/mol. The zero-order valence-electron chi connectivity index (χ0n) is 18.4. The summed E-state index contributed by atoms with van der Waals surface area (Å²) in [5.74, 6) is 1.02. The predicted octanol–water partition coefficient (Wildman–Crippen LogP) is 4.02. The second-order valence-corrected chi connectivity index (χ2v) is 8.48. The number of amides is 2. The average Bonchev–Trinajstić information content (AvgIpc) is 3.19. The van der Waals surface area contributed by atoms with Crippen LogP contribution in [-0.4, -0.2) is 43.5 Å². The lowest BCUT2D eigenvalue weighted by Crippen LogP contribution is -2.36. The number of ether oxygens (including phenoxy) is 1. The molecule has 1 heterocycles. The lowest BCUT2D eigenvalue weighted by molar-refractivity contribution is -0.124. The zero-order chi connectivity index (χ0) is 21.7. The fourth-order valence-electron chi connectivity index (χ4n) is 4.02. The summed E-state index contributed by atoms with van der Waals surface area (Å²) >= 11 is 0. The summed E-state index contributed by atoms with van der Waals surface area (Å²) in [4.78, 5) is 28.0. The van der Waals surface area contributed by atoms with Crippen LogP contribution in [0.25, 0.3) is 0 Å². The van der Waals surface area contributed by atoms with Crippen molar-refractivity contribution in [1.82, 2.24) is 10.2 Å². The zero-order valence-corrected chi connectivity index (χ0v) is 18.4. The van der Waals surface area contributed by atoms with E-state index in [0.717, 1.165) is 23.3 Å². The van der Waals surface area contributed by atoms with Gasteiger partial charge < -0.3 is 15.0 Å². The van der Waals surface area contributed by atoms with Crippen LogP contribution in [0.2, 0.25) is 0 Å². The summed E-state index contributed by atoms with van der Waals surface area (Å²) in [5.41, 5.74) is 2.71. The van der Waals surface area contributed by atoms with Gasteiger partial charge in [-0.25, -0.2) is 0 Å². The minimum Gasteiger partial charge on any atom is -0.497 e. The number of aryl methyl sites for hydroxylation is 1. The maximum absolute atomic E-state index is 13.2. The molecule has 160 valence electrons. The summed E-state index contributed by atoms with van der Waals surface area (Å²) < 4.78 is 5.27. The molecular weight excluding hydrogens is 376 g/mol. The molecule has 0 aromatic heterocycles. The van der Waals surface area contributed by atoms with E-state index < -0.39 is 0 Å². The first-order chi connectivity index (χ1) is 14.4. The molecule has 1 fully saturated rings. The number of carbonyl (C=O) groups excluding carboxylic acids is 2. The van der Waals surface area contributed by atoms with Crippen LogP contribution < -0.4 is 10.1 Å². The predicted molar refractivity (Wildman–Crippen MR) is 119 cm³/mol. The number of hydrogen-bond donors (Lipinski definition) is 1. The molecule has 0 aliphatic carbocycles. The number of nitrogens with one attached hydrogen (secondary N) is 1. The monoisotopic (exact) mass is 408 g/mol. The smallest absolute Gasteiger partial charge is 0.254 e. The van der Waals surface area contributed by atoms with E-state index in [-0.39, 0.29) is 23.7 Å². The molecule has 0 radical (unpaired) electrons. The van der Waals surface area contributed by atoms with Gasteiger partial charge in [-0.15, -0.1) is 0 Å². The number of carbonyl (C=O) groups is 2. The van der Waals surface area contributed by atoms with Gasteiger partial charge in [0.1, 0.15) is 5.75 Å². The van der Waals surface area contributed by atoms with Crippen LogP contribution in [0, 0.1) is 18.8 Å². The Morgan fingerprint density at radius 2 is 1.80 bits per heavy atom. The van der Waals surface area contributed by atoms with E-state index >= 15 is 0 Å². The molecule has 0 saturated carbocycles. The van der Waals surface area contributed by atoms with E-state index in [1.165, 1.54) is 0 Å². The normalized spacial score (nSPS) is 18.5. The van der Waals surface area contributed by atoms with Gasteiger partial charge in [0.25, 0.3) is 5.91 Å². The van der Waals surface area contributed by atoms with Crippen molar-refractivity contribution in [3.8, 4) is 5.75 Å². The van der Waals surface area contributed by atoms with Gasteiger partial charge in [-0.2, -0.15) is 0 Å². The first-order valence-corrected chi connectivity index (χ1v) is 10.7. The van der Waals surface area contributed by atoms with Crippen molar-refractivity contribution in [2.45, 2.75) is 33.1 Å². The number of nitrogens with zero attached hydrogens (tertiary/aromatic N) is 1. The molecule has 30 heavy (non-hydrogen) atoms. The number of hydrogen-bond acceptors (Lipinski definition) is 3. The Hall–Kier alpha value is -2.82. The van der Waals surface area contributed by atoms with Gasteiger partial charge in [-0.1, -0.05) is 44.2 Å². The van der Waals surface area contributed by atoms with E-state index in [1.54, 1.807) is 7.11 Å². The fourth-order valence-corrected chi connectivity index (χ4v) is 4.02. The molecule has 2 amide bonds. The Labute approximate surface area is 179 Å². The van der Waals surface area contributed by atoms with Crippen molar-refractivity contribution in [2.24, 2.45) is 11.8 Å². The standard InChI is InChI=1S/C25H32N2O3/c1-17(2)13-14-26-24(28)23-16-27(25(29)21-8-6-5-7-18(21)3)15-22(23)19-9-11-20(30-4)12-10-19/h5-12,17,22-23H,13-16H2,1-4H3,(H,26,28). The molecule has 1 aliphatic heterocycles. The topological polar surface area (TPSA) is 58.6 Å². The molecule has 5 nitrogen and oxygen atoms in total. The fraction of sp³-hybridized carbons (Fsp3) is 0.440. The summed E-state index contributed by atoms with van der Waals surface area (Å²) in [6.45, 7) is 7.85. The molecular formula is C25H32N2O3. The molecule has 2 aromatic rings. The highest BCUT2D eigenvalue weighted by Gasteiger charge is 2.40. The lowest BCUT2D eigenvalue weighted by Gasteiger charge is -2.18. The Bertz CT molecular complexity index is 876. The van der Waals surface area contributed by atoms with E-state index in [4.69, 9.17) is 4.74 Å². The highest BCUT2D eigenvalue weighted by molar-refractivity contribution is 5.96. The van der Waals surface area contributed by atoms with Gasteiger partial charge in [0.2, 0.25) is 5.91 Å². The number of methoxy groups -OCH3 is 1. The maximum atomic E-state index is 13.2. The molecule has 0 bridgehead atoms. The molecule has 1 saturated heterocycles. The van der Waals surface area contributed by atoms with Crippen LogP contribution in [0.15, 0.2) is 48.5 Å². The van der Waals surface area contributed by atoms with Crippen LogP contribution in [0.3, 0.4) is 0 Å². The quantitative estimate of drug-likeness (QED) is 0.753. The maximum Gasteiger partial charge on any atom is 0.254 e. The van der Waals surface area contributed by atoms with Crippen LogP contribution in [0.1, 0.15) is 47.7 Å². The molecule has 1 N–H and O–H groups in total. The Morgan fingerprint density at radius 1 is 1.10 bits per heavy atom. The van der Waals surface area contributed by atoms with Crippen molar-refractivity contribution < 1.29 is 14.3 Å². The van der Waals surface area contributed by atoms with E-state index in [1.807, 2.05) is 60.4 Å². The third kappa shape index (κ3) is 5.02. The Morgan fingerprint density at radius 3 is 2.43 bits per heavy atom. The molecule has 5 heteroatoms. The highest BCUT2D eigenvalue weighted by Crippen LogP contribution is 2.34. The van der Waals surface area contributed by atoms with Gasteiger partial charge in [0, 0.05) is 31.1 Å². The van der Waals surface area contributed by atoms with Crippen LogP contribution in [0.5, 0.6) is 5.75 Å². The van der Waals surface area contributed by atoms with Crippen molar-refractivity contribution in [3.63, 3.8) is 0 Å². The highest BCUT2D eigenvalue weighted by atomic mass is 16.5.